The van der Waals surface area contributed by atoms with Crippen LogP contribution in [0.5, 0.6) is 0 Å². The number of aromatic nitrogens is 3. The van der Waals surface area contributed by atoms with Crippen molar-refractivity contribution >= 4 is 58.3 Å². The number of nitrogen functional groups attached to an aromatic ring is 1. The van der Waals surface area contributed by atoms with E-state index in [0.717, 1.165) is 4.90 Å². The van der Waals surface area contributed by atoms with Gasteiger partial charge in [0.05, 0.1) is 23.5 Å². The molecule has 194 valence electrons. The summed E-state index contributed by atoms with van der Waals surface area (Å²) in [5, 5.41) is 24.7. The number of anilines is 4. The standard InChI is InChI=1S/C22H22Cl2N8O5/c23-13-2-3-14(15(24)7-13)20-16(32-18(33)10-37-11-19(32)34)8-28-22(30-20)27-6-5-26-17-4-1-12(9-31(35)36)21(25)29-17/h1-4,7-8,35-36H,5-6,9-11H2,(H3,25,26,29)(H,27,28,30). The lowest BCUT2D eigenvalue weighted by molar-refractivity contribution is -0.314. The van der Waals surface area contributed by atoms with Crippen LogP contribution in [-0.4, -0.2) is 68.7 Å². The zero-order valence-electron chi connectivity index (χ0n) is 19.2. The first-order valence-electron chi connectivity index (χ1n) is 10.9. The highest BCUT2D eigenvalue weighted by molar-refractivity contribution is 6.36. The fourth-order valence-corrected chi connectivity index (χ4v) is 4.02. The summed E-state index contributed by atoms with van der Waals surface area (Å²) in [5.41, 5.74) is 7.19. The van der Waals surface area contributed by atoms with E-state index >= 15 is 0 Å². The maximum absolute atomic E-state index is 12.5. The molecule has 13 nitrogen and oxygen atoms in total. The van der Waals surface area contributed by atoms with Gasteiger partial charge >= 0.3 is 0 Å². The van der Waals surface area contributed by atoms with Crippen molar-refractivity contribution in [2.75, 3.05) is 47.6 Å². The van der Waals surface area contributed by atoms with E-state index in [4.69, 9.17) is 44.1 Å². The fourth-order valence-electron chi connectivity index (χ4n) is 3.52. The van der Waals surface area contributed by atoms with Crippen LogP contribution in [-0.2, 0) is 20.9 Å². The van der Waals surface area contributed by atoms with Crippen molar-refractivity contribution in [3.8, 4) is 11.3 Å². The first kappa shape index (κ1) is 26.5. The average Bonchev–Trinajstić information content (AvgIpc) is 2.84. The molecule has 0 atom stereocenters. The molecule has 0 unspecified atom stereocenters. The second-order valence-electron chi connectivity index (χ2n) is 7.79. The lowest BCUT2D eigenvalue weighted by Crippen LogP contribution is -2.46. The van der Waals surface area contributed by atoms with Crippen molar-refractivity contribution in [2.24, 2.45) is 0 Å². The van der Waals surface area contributed by atoms with E-state index in [1.54, 1.807) is 24.3 Å². The number of rotatable bonds is 9. The van der Waals surface area contributed by atoms with Crippen LogP contribution in [0.3, 0.4) is 0 Å². The number of imide groups is 1. The summed E-state index contributed by atoms with van der Waals surface area (Å²) in [5.74, 6) is -0.214. The number of morpholine rings is 1. The molecule has 2 aromatic heterocycles. The van der Waals surface area contributed by atoms with E-state index in [2.05, 4.69) is 25.6 Å². The van der Waals surface area contributed by atoms with E-state index in [0.29, 0.717) is 35.1 Å². The third-order valence-electron chi connectivity index (χ3n) is 5.18. The molecular formula is C22H22Cl2N8O5. The van der Waals surface area contributed by atoms with Gasteiger partial charge in [-0.2, -0.15) is 0 Å². The summed E-state index contributed by atoms with van der Waals surface area (Å²) in [6.45, 7) is 0.0923. The fraction of sp³-hybridized carbons (Fsp3) is 0.227. The predicted molar refractivity (Wildman–Crippen MR) is 136 cm³/mol. The van der Waals surface area contributed by atoms with E-state index in [9.17, 15) is 9.59 Å². The Morgan fingerprint density at radius 3 is 2.46 bits per heavy atom. The number of hydroxylamine groups is 2. The SMILES string of the molecule is Nc1nc(NCCNc2ncc(N3C(=O)COCC3=O)c(-c3ccc(Cl)cc3Cl)n2)ccc1CN(O)O. The third-order valence-corrected chi connectivity index (χ3v) is 5.73. The summed E-state index contributed by atoms with van der Waals surface area (Å²) in [4.78, 5) is 38.9. The van der Waals surface area contributed by atoms with Crippen LogP contribution >= 0.6 is 23.2 Å². The number of halogens is 2. The van der Waals surface area contributed by atoms with Gasteiger partial charge in [-0.15, -0.1) is 0 Å². The molecule has 1 aliphatic heterocycles. The van der Waals surface area contributed by atoms with Crippen LogP contribution in [0.15, 0.2) is 36.5 Å². The molecule has 3 heterocycles. The summed E-state index contributed by atoms with van der Waals surface area (Å²) >= 11 is 12.4. The van der Waals surface area contributed by atoms with E-state index in [1.165, 1.54) is 12.3 Å². The van der Waals surface area contributed by atoms with Crippen LogP contribution in [0.25, 0.3) is 11.3 Å². The second kappa shape index (κ2) is 11.6. The van der Waals surface area contributed by atoms with Crippen molar-refractivity contribution in [1.82, 2.24) is 20.2 Å². The number of nitrogens with two attached hydrogens (primary N) is 1. The molecule has 3 aromatic rings. The Morgan fingerprint density at radius 2 is 1.78 bits per heavy atom. The minimum absolute atomic E-state index is 0.0199. The summed E-state index contributed by atoms with van der Waals surface area (Å²) in [6, 6.07) is 8.07. The van der Waals surface area contributed by atoms with Gasteiger partial charge in [-0.1, -0.05) is 34.5 Å². The van der Waals surface area contributed by atoms with Crippen molar-refractivity contribution < 1.29 is 24.7 Å². The van der Waals surface area contributed by atoms with Crippen molar-refractivity contribution in [2.45, 2.75) is 6.54 Å². The highest BCUT2D eigenvalue weighted by Gasteiger charge is 2.31. The Balaban J connectivity index is 1.51. The molecule has 1 fully saturated rings. The number of carbonyl (C=O) groups is 2. The summed E-state index contributed by atoms with van der Waals surface area (Å²) < 4.78 is 5.01. The first-order valence-corrected chi connectivity index (χ1v) is 11.6. The van der Waals surface area contributed by atoms with Crippen molar-refractivity contribution in [3.05, 3.63) is 52.1 Å². The normalized spacial score (nSPS) is 13.8. The lowest BCUT2D eigenvalue weighted by atomic mass is 10.1. The molecule has 1 aromatic carbocycles. The molecule has 6 N–H and O–H groups in total. The first-order chi connectivity index (χ1) is 17.7. The van der Waals surface area contributed by atoms with Crippen LogP contribution in [0.1, 0.15) is 5.56 Å². The predicted octanol–water partition coefficient (Wildman–Crippen LogP) is 2.42. The number of benzene rings is 1. The smallest absolute Gasteiger partial charge is 0.259 e. The van der Waals surface area contributed by atoms with Crippen LogP contribution in [0.2, 0.25) is 10.0 Å². The van der Waals surface area contributed by atoms with Gasteiger partial charge in [0, 0.05) is 29.2 Å². The molecule has 0 radical (unpaired) electrons. The zero-order chi connectivity index (χ0) is 26.5. The highest BCUT2D eigenvalue weighted by Crippen LogP contribution is 2.36. The maximum Gasteiger partial charge on any atom is 0.259 e. The van der Waals surface area contributed by atoms with Gasteiger partial charge in [-0.05, 0) is 24.3 Å². The Bertz CT molecular complexity index is 1310. The molecular weight excluding hydrogens is 527 g/mol. The Hall–Kier alpha value is -3.59. The lowest BCUT2D eigenvalue weighted by Gasteiger charge is -2.26. The molecule has 2 amide bonds. The topological polar surface area (TPSA) is 179 Å². The van der Waals surface area contributed by atoms with Gasteiger partial charge in [0.25, 0.3) is 11.8 Å². The van der Waals surface area contributed by atoms with E-state index < -0.39 is 11.8 Å². The number of hydrogen-bond donors (Lipinski definition) is 5. The number of hydrogen-bond acceptors (Lipinski definition) is 12. The zero-order valence-corrected chi connectivity index (χ0v) is 20.7. The van der Waals surface area contributed by atoms with Gasteiger partial charge in [-0.25, -0.2) is 19.9 Å². The summed E-state index contributed by atoms with van der Waals surface area (Å²) in [6.07, 6.45) is 1.37. The molecule has 0 aliphatic carbocycles. The molecule has 0 bridgehead atoms. The van der Waals surface area contributed by atoms with Crippen molar-refractivity contribution in [3.63, 3.8) is 0 Å². The molecule has 0 spiro atoms. The number of carbonyl (C=O) groups excluding carboxylic acids is 2. The molecule has 0 saturated carbocycles. The number of nitrogens with one attached hydrogen (secondary N) is 2. The number of nitrogens with zero attached hydrogens (tertiary/aromatic N) is 5. The van der Waals surface area contributed by atoms with Gasteiger partial charge < -0.3 is 21.1 Å². The van der Waals surface area contributed by atoms with E-state index in [-0.39, 0.29) is 53.2 Å². The molecule has 4 rings (SSSR count). The Kier molecular flexibility index (Phi) is 8.33. The number of ether oxygens (including phenoxy) is 1. The largest absolute Gasteiger partial charge is 0.383 e. The number of pyridine rings is 1. The Labute approximate surface area is 220 Å². The van der Waals surface area contributed by atoms with Gasteiger partial charge in [-0.3, -0.25) is 20.0 Å². The quantitative estimate of drug-likeness (QED) is 0.150. The van der Waals surface area contributed by atoms with E-state index in [1.807, 2.05) is 0 Å². The molecule has 37 heavy (non-hydrogen) atoms. The monoisotopic (exact) mass is 548 g/mol. The number of amides is 2. The molecule has 1 aliphatic rings. The highest BCUT2D eigenvalue weighted by atomic mass is 35.5. The Morgan fingerprint density at radius 1 is 1.05 bits per heavy atom. The molecule has 1 saturated heterocycles. The second-order valence-corrected chi connectivity index (χ2v) is 8.64. The maximum atomic E-state index is 12.5. The van der Waals surface area contributed by atoms with Gasteiger partial charge in [0.1, 0.15) is 30.5 Å². The minimum Gasteiger partial charge on any atom is -0.383 e. The minimum atomic E-state index is -0.542. The average molecular weight is 549 g/mol. The molecule has 15 heteroatoms. The van der Waals surface area contributed by atoms with Crippen LogP contribution in [0, 0.1) is 0 Å². The van der Waals surface area contributed by atoms with Gasteiger partial charge in [0.15, 0.2) is 0 Å². The van der Waals surface area contributed by atoms with Crippen molar-refractivity contribution in [1.29, 1.82) is 0 Å². The van der Waals surface area contributed by atoms with Gasteiger partial charge in [0.2, 0.25) is 5.95 Å². The van der Waals surface area contributed by atoms with Crippen LogP contribution in [0.4, 0.5) is 23.3 Å². The third kappa shape index (κ3) is 6.40. The summed E-state index contributed by atoms with van der Waals surface area (Å²) in [7, 11) is 0. The van der Waals surface area contributed by atoms with Crippen LogP contribution < -0.4 is 21.3 Å².